The molecular weight excluding hydrogens is 250 g/mol. The molecule has 0 bridgehead atoms. The first-order valence-electron chi connectivity index (χ1n) is 5.44. The SMILES string of the molecule is CCOc1c(CCCCl)cccc1OC(F)F. The summed E-state index contributed by atoms with van der Waals surface area (Å²) in [4.78, 5) is 0. The summed E-state index contributed by atoms with van der Waals surface area (Å²) in [6.07, 6.45) is 1.44. The lowest BCUT2D eigenvalue weighted by Crippen LogP contribution is -2.06. The van der Waals surface area contributed by atoms with E-state index in [0.717, 1.165) is 12.0 Å². The summed E-state index contributed by atoms with van der Waals surface area (Å²) in [7, 11) is 0. The summed E-state index contributed by atoms with van der Waals surface area (Å²) in [6.45, 7) is -0.653. The average molecular weight is 265 g/mol. The van der Waals surface area contributed by atoms with Gasteiger partial charge in [0.25, 0.3) is 0 Å². The van der Waals surface area contributed by atoms with Gasteiger partial charge in [0.15, 0.2) is 11.5 Å². The predicted molar refractivity (Wildman–Crippen MR) is 63.3 cm³/mol. The van der Waals surface area contributed by atoms with Gasteiger partial charge in [0, 0.05) is 5.88 Å². The summed E-state index contributed by atoms with van der Waals surface area (Å²) in [6, 6.07) is 4.97. The van der Waals surface area contributed by atoms with Crippen molar-refractivity contribution in [3.63, 3.8) is 0 Å². The van der Waals surface area contributed by atoms with Crippen LogP contribution in [0, 0.1) is 0 Å². The zero-order valence-corrected chi connectivity index (χ0v) is 10.3. The van der Waals surface area contributed by atoms with Crippen molar-refractivity contribution in [3.8, 4) is 11.5 Å². The topological polar surface area (TPSA) is 18.5 Å². The molecule has 0 aliphatic carbocycles. The van der Waals surface area contributed by atoms with Crippen LogP contribution in [0.15, 0.2) is 18.2 Å². The van der Waals surface area contributed by atoms with Gasteiger partial charge in [-0.25, -0.2) is 0 Å². The lowest BCUT2D eigenvalue weighted by molar-refractivity contribution is -0.0515. The van der Waals surface area contributed by atoms with E-state index in [0.29, 0.717) is 24.7 Å². The van der Waals surface area contributed by atoms with Crippen LogP contribution in [0.5, 0.6) is 11.5 Å². The summed E-state index contributed by atoms with van der Waals surface area (Å²) in [5.41, 5.74) is 0.839. The van der Waals surface area contributed by atoms with Gasteiger partial charge in [0.05, 0.1) is 6.61 Å². The summed E-state index contributed by atoms with van der Waals surface area (Å²) >= 11 is 5.61. The molecule has 0 saturated heterocycles. The van der Waals surface area contributed by atoms with E-state index in [1.54, 1.807) is 13.0 Å². The van der Waals surface area contributed by atoms with Crippen LogP contribution in [-0.2, 0) is 6.42 Å². The lowest BCUT2D eigenvalue weighted by Gasteiger charge is -2.14. The largest absolute Gasteiger partial charge is 0.490 e. The second kappa shape index (κ2) is 7.33. The van der Waals surface area contributed by atoms with Crippen molar-refractivity contribution in [1.82, 2.24) is 0 Å². The van der Waals surface area contributed by atoms with E-state index in [1.165, 1.54) is 6.07 Å². The van der Waals surface area contributed by atoms with Gasteiger partial charge in [0.2, 0.25) is 0 Å². The number of para-hydroxylation sites is 1. The van der Waals surface area contributed by atoms with Gasteiger partial charge in [-0.1, -0.05) is 12.1 Å². The first kappa shape index (κ1) is 14.0. The van der Waals surface area contributed by atoms with E-state index >= 15 is 0 Å². The number of hydrogen-bond acceptors (Lipinski definition) is 2. The molecule has 0 amide bonds. The Kier molecular flexibility index (Phi) is 6.05. The summed E-state index contributed by atoms with van der Waals surface area (Å²) in [5.74, 6) is 0.986. The highest BCUT2D eigenvalue weighted by atomic mass is 35.5. The number of rotatable bonds is 7. The third-order valence-electron chi connectivity index (χ3n) is 2.14. The first-order chi connectivity index (χ1) is 8.19. The fraction of sp³-hybridized carbons (Fsp3) is 0.500. The first-order valence-corrected chi connectivity index (χ1v) is 5.98. The maximum Gasteiger partial charge on any atom is 0.387 e. The number of hydrogen-bond donors (Lipinski definition) is 0. The minimum absolute atomic E-state index is 0.0777. The zero-order chi connectivity index (χ0) is 12.7. The molecule has 5 heteroatoms. The molecular formula is C12H15ClF2O2. The smallest absolute Gasteiger partial charge is 0.387 e. The Morgan fingerprint density at radius 1 is 1.35 bits per heavy atom. The maximum absolute atomic E-state index is 12.2. The fourth-order valence-electron chi connectivity index (χ4n) is 1.51. The normalized spacial score (nSPS) is 10.6. The minimum Gasteiger partial charge on any atom is -0.490 e. The van der Waals surface area contributed by atoms with Crippen molar-refractivity contribution >= 4 is 11.6 Å². The van der Waals surface area contributed by atoms with Crippen LogP contribution < -0.4 is 9.47 Å². The van der Waals surface area contributed by atoms with Crippen LogP contribution in [0.3, 0.4) is 0 Å². The molecule has 0 spiro atoms. The number of aryl methyl sites for hydroxylation is 1. The Morgan fingerprint density at radius 3 is 2.71 bits per heavy atom. The Bertz CT molecular complexity index is 345. The number of halogens is 3. The van der Waals surface area contributed by atoms with Crippen LogP contribution in [0.4, 0.5) is 8.78 Å². The second-order valence-corrected chi connectivity index (χ2v) is 3.73. The molecule has 0 unspecified atom stereocenters. The number of alkyl halides is 3. The monoisotopic (exact) mass is 264 g/mol. The van der Waals surface area contributed by atoms with E-state index in [9.17, 15) is 8.78 Å². The quantitative estimate of drug-likeness (QED) is 0.696. The lowest BCUT2D eigenvalue weighted by atomic mass is 10.1. The fourth-order valence-corrected chi connectivity index (χ4v) is 1.65. The van der Waals surface area contributed by atoms with E-state index < -0.39 is 6.61 Å². The second-order valence-electron chi connectivity index (χ2n) is 3.35. The van der Waals surface area contributed by atoms with Crippen molar-refractivity contribution in [3.05, 3.63) is 23.8 Å². The van der Waals surface area contributed by atoms with Gasteiger partial charge < -0.3 is 9.47 Å². The number of ether oxygens (including phenoxy) is 2. The minimum atomic E-state index is -2.85. The molecule has 0 aliphatic rings. The Labute approximate surface area is 104 Å². The molecule has 2 nitrogen and oxygen atoms in total. The molecule has 0 radical (unpaired) electrons. The predicted octanol–water partition coefficient (Wildman–Crippen LogP) is 3.86. The van der Waals surface area contributed by atoms with E-state index in [-0.39, 0.29) is 5.75 Å². The molecule has 96 valence electrons. The maximum atomic E-state index is 12.2. The Morgan fingerprint density at radius 2 is 2.12 bits per heavy atom. The average Bonchev–Trinajstić information content (AvgIpc) is 2.29. The van der Waals surface area contributed by atoms with Crippen molar-refractivity contribution in [2.45, 2.75) is 26.4 Å². The van der Waals surface area contributed by atoms with Crippen LogP contribution in [-0.4, -0.2) is 19.1 Å². The molecule has 0 saturated carbocycles. The zero-order valence-electron chi connectivity index (χ0n) is 9.59. The van der Waals surface area contributed by atoms with Crippen molar-refractivity contribution in [2.75, 3.05) is 12.5 Å². The van der Waals surface area contributed by atoms with Gasteiger partial charge in [-0.15, -0.1) is 11.6 Å². The van der Waals surface area contributed by atoms with E-state index in [1.807, 2.05) is 6.07 Å². The van der Waals surface area contributed by atoms with Gasteiger partial charge >= 0.3 is 6.61 Å². The molecule has 1 aromatic rings. The summed E-state index contributed by atoms with van der Waals surface area (Å²) < 4.78 is 34.2. The molecule has 0 aliphatic heterocycles. The van der Waals surface area contributed by atoms with Gasteiger partial charge in [0.1, 0.15) is 0 Å². The van der Waals surface area contributed by atoms with E-state index in [2.05, 4.69) is 4.74 Å². The molecule has 0 fully saturated rings. The number of benzene rings is 1. The molecule has 1 rings (SSSR count). The Hall–Kier alpha value is -1.03. The Balaban J connectivity index is 2.94. The molecule has 0 atom stereocenters. The molecule has 0 heterocycles. The van der Waals surface area contributed by atoms with E-state index in [4.69, 9.17) is 16.3 Å². The van der Waals surface area contributed by atoms with Crippen LogP contribution in [0.1, 0.15) is 18.9 Å². The van der Waals surface area contributed by atoms with Gasteiger partial charge in [-0.3, -0.25) is 0 Å². The van der Waals surface area contributed by atoms with Gasteiger partial charge in [-0.2, -0.15) is 8.78 Å². The van der Waals surface area contributed by atoms with Crippen molar-refractivity contribution < 1.29 is 18.3 Å². The van der Waals surface area contributed by atoms with Crippen LogP contribution in [0.2, 0.25) is 0 Å². The molecule has 0 aromatic heterocycles. The third kappa shape index (κ3) is 4.38. The van der Waals surface area contributed by atoms with Crippen molar-refractivity contribution in [2.24, 2.45) is 0 Å². The van der Waals surface area contributed by atoms with Crippen molar-refractivity contribution in [1.29, 1.82) is 0 Å². The molecule has 0 N–H and O–H groups in total. The standard InChI is InChI=1S/C12H15ClF2O2/c1-2-16-11-9(6-4-8-13)5-3-7-10(11)17-12(14)15/h3,5,7,12H,2,4,6,8H2,1H3. The highest BCUT2D eigenvalue weighted by Gasteiger charge is 2.14. The van der Waals surface area contributed by atoms with Crippen LogP contribution in [0.25, 0.3) is 0 Å². The van der Waals surface area contributed by atoms with Gasteiger partial charge in [-0.05, 0) is 31.4 Å². The van der Waals surface area contributed by atoms with Crippen LogP contribution >= 0.6 is 11.6 Å². The highest BCUT2D eigenvalue weighted by molar-refractivity contribution is 6.17. The summed E-state index contributed by atoms with van der Waals surface area (Å²) in [5, 5.41) is 0. The molecule has 17 heavy (non-hydrogen) atoms. The third-order valence-corrected chi connectivity index (χ3v) is 2.41. The molecule has 1 aromatic carbocycles. The highest BCUT2D eigenvalue weighted by Crippen LogP contribution is 2.33.